The van der Waals surface area contributed by atoms with Crippen molar-refractivity contribution >= 4 is 45.6 Å². The monoisotopic (exact) mass is 461 g/mol. The van der Waals surface area contributed by atoms with Gasteiger partial charge in [-0.05, 0) is 62.4 Å². The highest BCUT2D eigenvalue weighted by Gasteiger charge is 2.10. The molecule has 0 radical (unpaired) electrons. The van der Waals surface area contributed by atoms with Crippen LogP contribution in [0.25, 0.3) is 11.0 Å². The SMILES string of the molecule is Cc1ccc(Nc2cc(Nc3ccc(NC(=O)c4cnc5ccccc5n4)cc3)nc(C)n2)cc1. The molecule has 0 saturated carbocycles. The summed E-state index contributed by atoms with van der Waals surface area (Å²) in [4.78, 5) is 30.3. The van der Waals surface area contributed by atoms with E-state index in [1.165, 1.54) is 11.8 Å². The Morgan fingerprint density at radius 2 is 1.26 bits per heavy atom. The second-order valence-electron chi connectivity index (χ2n) is 8.08. The predicted octanol–water partition coefficient (Wildman–Crippen LogP) is 5.78. The molecular formula is C27H23N7O. The van der Waals surface area contributed by atoms with Crippen LogP contribution in [-0.2, 0) is 0 Å². The van der Waals surface area contributed by atoms with Crippen molar-refractivity contribution in [2.24, 2.45) is 0 Å². The van der Waals surface area contributed by atoms with Crippen molar-refractivity contribution < 1.29 is 4.79 Å². The molecule has 0 spiro atoms. The molecule has 0 unspecified atom stereocenters. The molecule has 5 aromatic rings. The minimum absolute atomic E-state index is 0.260. The van der Waals surface area contributed by atoms with Gasteiger partial charge in [-0.25, -0.2) is 15.0 Å². The Bertz CT molecular complexity index is 1500. The molecular weight excluding hydrogens is 438 g/mol. The summed E-state index contributed by atoms with van der Waals surface area (Å²) in [7, 11) is 0. The summed E-state index contributed by atoms with van der Waals surface area (Å²) in [6.45, 7) is 3.90. The van der Waals surface area contributed by atoms with Gasteiger partial charge in [-0.1, -0.05) is 29.8 Å². The van der Waals surface area contributed by atoms with E-state index >= 15 is 0 Å². The number of hydrogen-bond donors (Lipinski definition) is 3. The molecule has 2 aromatic heterocycles. The summed E-state index contributed by atoms with van der Waals surface area (Å²) in [6, 6.07) is 24.8. The number of benzene rings is 3. The zero-order valence-electron chi connectivity index (χ0n) is 19.3. The summed E-state index contributed by atoms with van der Waals surface area (Å²) < 4.78 is 0. The number of aryl methyl sites for hydroxylation is 2. The Labute approximate surface area is 202 Å². The highest BCUT2D eigenvalue weighted by molar-refractivity contribution is 6.03. The zero-order chi connectivity index (χ0) is 24.2. The Kier molecular flexibility index (Phi) is 6.00. The molecule has 3 N–H and O–H groups in total. The number of rotatable bonds is 6. The second-order valence-corrected chi connectivity index (χ2v) is 8.08. The van der Waals surface area contributed by atoms with Crippen molar-refractivity contribution in [2.75, 3.05) is 16.0 Å². The minimum atomic E-state index is -0.317. The van der Waals surface area contributed by atoms with Crippen molar-refractivity contribution in [2.45, 2.75) is 13.8 Å². The third-order valence-electron chi connectivity index (χ3n) is 5.26. The maximum absolute atomic E-state index is 12.6. The number of aromatic nitrogens is 4. The predicted molar refractivity (Wildman–Crippen MR) is 138 cm³/mol. The average molecular weight is 462 g/mol. The van der Waals surface area contributed by atoms with E-state index in [0.717, 1.165) is 16.9 Å². The summed E-state index contributed by atoms with van der Waals surface area (Å²) in [5, 5.41) is 9.45. The lowest BCUT2D eigenvalue weighted by atomic mass is 10.2. The van der Waals surface area contributed by atoms with Gasteiger partial charge in [0, 0.05) is 23.1 Å². The topological polar surface area (TPSA) is 105 Å². The van der Waals surface area contributed by atoms with Gasteiger partial charge in [0.05, 0.1) is 17.2 Å². The van der Waals surface area contributed by atoms with Crippen LogP contribution in [0.4, 0.5) is 28.7 Å². The van der Waals surface area contributed by atoms with Crippen LogP contribution in [0, 0.1) is 13.8 Å². The second kappa shape index (κ2) is 9.56. The highest BCUT2D eigenvalue weighted by Crippen LogP contribution is 2.22. The van der Waals surface area contributed by atoms with Gasteiger partial charge in [-0.15, -0.1) is 0 Å². The lowest BCUT2D eigenvalue weighted by Crippen LogP contribution is -2.14. The van der Waals surface area contributed by atoms with Gasteiger partial charge in [0.15, 0.2) is 0 Å². The van der Waals surface area contributed by atoms with Crippen LogP contribution in [0.2, 0.25) is 0 Å². The lowest BCUT2D eigenvalue weighted by Gasteiger charge is -2.11. The Balaban J connectivity index is 1.26. The highest BCUT2D eigenvalue weighted by atomic mass is 16.1. The molecule has 0 aliphatic rings. The molecule has 5 rings (SSSR count). The van der Waals surface area contributed by atoms with Crippen molar-refractivity contribution in [3.05, 3.63) is 102 Å². The summed E-state index contributed by atoms with van der Waals surface area (Å²) >= 11 is 0. The van der Waals surface area contributed by atoms with E-state index in [1.54, 1.807) is 0 Å². The van der Waals surface area contributed by atoms with Gasteiger partial charge in [-0.3, -0.25) is 9.78 Å². The number of carbonyl (C=O) groups excluding carboxylic acids is 1. The first kappa shape index (κ1) is 22.0. The van der Waals surface area contributed by atoms with Crippen LogP contribution in [0.15, 0.2) is 85.1 Å². The van der Waals surface area contributed by atoms with Crippen molar-refractivity contribution in [3.8, 4) is 0 Å². The fourth-order valence-corrected chi connectivity index (χ4v) is 3.53. The maximum atomic E-state index is 12.6. The Morgan fingerprint density at radius 1 is 0.686 bits per heavy atom. The van der Waals surface area contributed by atoms with E-state index in [2.05, 4.69) is 42.8 Å². The lowest BCUT2D eigenvalue weighted by molar-refractivity contribution is 0.102. The number of hydrogen-bond acceptors (Lipinski definition) is 7. The van der Waals surface area contributed by atoms with E-state index < -0.39 is 0 Å². The molecule has 0 fully saturated rings. The molecule has 35 heavy (non-hydrogen) atoms. The Morgan fingerprint density at radius 3 is 1.91 bits per heavy atom. The molecule has 0 atom stereocenters. The fourth-order valence-electron chi connectivity index (χ4n) is 3.53. The van der Waals surface area contributed by atoms with Gasteiger partial charge in [0.2, 0.25) is 0 Å². The average Bonchev–Trinajstić information content (AvgIpc) is 2.86. The molecule has 0 aliphatic carbocycles. The molecule has 0 saturated heterocycles. The van der Waals surface area contributed by atoms with Crippen LogP contribution in [0.3, 0.4) is 0 Å². The molecule has 8 heteroatoms. The van der Waals surface area contributed by atoms with E-state index in [1.807, 2.05) is 85.8 Å². The van der Waals surface area contributed by atoms with E-state index in [0.29, 0.717) is 28.7 Å². The molecule has 2 heterocycles. The summed E-state index contributed by atoms with van der Waals surface area (Å²) in [5.41, 5.74) is 5.31. The normalized spacial score (nSPS) is 10.7. The van der Waals surface area contributed by atoms with Crippen LogP contribution >= 0.6 is 0 Å². The number of nitrogens with one attached hydrogen (secondary N) is 3. The van der Waals surface area contributed by atoms with E-state index in [-0.39, 0.29) is 11.6 Å². The molecule has 0 aliphatic heterocycles. The standard InChI is InChI=1S/C27H23N7O/c1-17-7-9-19(10-8-17)31-25-15-26(30-18(2)29-25)32-20-11-13-21(14-12-20)33-27(35)24-16-28-22-5-3-4-6-23(22)34-24/h3-16H,1-2H3,(H,33,35)(H2,29,30,31,32). The molecule has 1 amide bonds. The van der Waals surface area contributed by atoms with E-state index in [9.17, 15) is 4.79 Å². The van der Waals surface area contributed by atoms with Crippen LogP contribution in [-0.4, -0.2) is 25.8 Å². The quantitative estimate of drug-likeness (QED) is 0.294. The van der Waals surface area contributed by atoms with Gasteiger partial charge < -0.3 is 16.0 Å². The van der Waals surface area contributed by atoms with Gasteiger partial charge >= 0.3 is 0 Å². The number of nitrogens with zero attached hydrogens (tertiary/aromatic N) is 4. The first-order valence-electron chi connectivity index (χ1n) is 11.1. The molecule has 172 valence electrons. The van der Waals surface area contributed by atoms with Gasteiger partial charge in [-0.2, -0.15) is 0 Å². The third-order valence-corrected chi connectivity index (χ3v) is 5.26. The maximum Gasteiger partial charge on any atom is 0.275 e. The van der Waals surface area contributed by atoms with E-state index in [4.69, 9.17) is 0 Å². The molecule has 0 bridgehead atoms. The minimum Gasteiger partial charge on any atom is -0.340 e. The number of fused-ring (bicyclic) bond motifs is 1. The number of amides is 1. The number of anilines is 5. The number of carbonyl (C=O) groups is 1. The van der Waals surface area contributed by atoms with Crippen molar-refractivity contribution in [1.29, 1.82) is 0 Å². The van der Waals surface area contributed by atoms with Crippen molar-refractivity contribution in [1.82, 2.24) is 19.9 Å². The van der Waals surface area contributed by atoms with Gasteiger partial charge in [0.25, 0.3) is 5.91 Å². The zero-order valence-corrected chi connectivity index (χ0v) is 19.3. The Hall–Kier alpha value is -4.85. The van der Waals surface area contributed by atoms with Crippen molar-refractivity contribution in [3.63, 3.8) is 0 Å². The fraction of sp³-hybridized carbons (Fsp3) is 0.0741. The molecule has 8 nitrogen and oxygen atoms in total. The van der Waals surface area contributed by atoms with Crippen LogP contribution in [0.5, 0.6) is 0 Å². The molecule has 3 aromatic carbocycles. The van der Waals surface area contributed by atoms with Gasteiger partial charge in [0.1, 0.15) is 23.2 Å². The van der Waals surface area contributed by atoms with Crippen LogP contribution < -0.4 is 16.0 Å². The first-order valence-corrected chi connectivity index (χ1v) is 11.1. The third kappa shape index (κ3) is 5.39. The summed E-state index contributed by atoms with van der Waals surface area (Å²) in [6.07, 6.45) is 1.48. The first-order chi connectivity index (χ1) is 17.0. The van der Waals surface area contributed by atoms with Crippen LogP contribution in [0.1, 0.15) is 21.9 Å². The summed E-state index contributed by atoms with van der Waals surface area (Å²) in [5.74, 6) is 1.69. The smallest absolute Gasteiger partial charge is 0.275 e. The number of para-hydroxylation sites is 2. The largest absolute Gasteiger partial charge is 0.340 e.